The van der Waals surface area contributed by atoms with E-state index in [0.717, 1.165) is 26.1 Å². The smallest absolute Gasteiger partial charge is 0.303 e. The first-order chi connectivity index (χ1) is 6.04. The lowest BCUT2D eigenvalue weighted by Gasteiger charge is -2.38. The molecule has 0 spiro atoms. The SMILES string of the molecule is CC(CC(=O)O)C1(C)CCOCC1. The molecular formula is C10H18O3. The van der Waals surface area contributed by atoms with Gasteiger partial charge in [-0.05, 0) is 24.2 Å². The van der Waals surface area contributed by atoms with Crippen LogP contribution in [0.15, 0.2) is 0 Å². The minimum absolute atomic E-state index is 0.163. The number of hydrogen-bond acceptors (Lipinski definition) is 2. The van der Waals surface area contributed by atoms with E-state index >= 15 is 0 Å². The number of rotatable bonds is 3. The minimum Gasteiger partial charge on any atom is -0.481 e. The molecule has 0 amide bonds. The highest BCUT2D eigenvalue weighted by Crippen LogP contribution is 2.39. The predicted octanol–water partition coefficient (Wildman–Crippen LogP) is 1.91. The molecule has 1 atom stereocenters. The summed E-state index contributed by atoms with van der Waals surface area (Å²) in [5.41, 5.74) is 0.163. The molecule has 0 radical (unpaired) electrons. The lowest BCUT2D eigenvalue weighted by molar-refractivity contribution is -0.139. The van der Waals surface area contributed by atoms with Crippen molar-refractivity contribution < 1.29 is 14.6 Å². The van der Waals surface area contributed by atoms with Gasteiger partial charge in [0, 0.05) is 19.6 Å². The molecule has 1 N–H and O–H groups in total. The summed E-state index contributed by atoms with van der Waals surface area (Å²) in [7, 11) is 0. The summed E-state index contributed by atoms with van der Waals surface area (Å²) >= 11 is 0. The number of carbonyl (C=O) groups is 1. The van der Waals surface area contributed by atoms with Gasteiger partial charge in [0.15, 0.2) is 0 Å². The van der Waals surface area contributed by atoms with Crippen LogP contribution in [-0.2, 0) is 9.53 Å². The van der Waals surface area contributed by atoms with Crippen LogP contribution in [0.2, 0.25) is 0 Å². The standard InChI is InChI=1S/C10H18O3/c1-8(7-9(11)12)10(2)3-5-13-6-4-10/h8H,3-7H2,1-2H3,(H,11,12). The number of ether oxygens (including phenoxy) is 1. The van der Waals surface area contributed by atoms with E-state index in [0.29, 0.717) is 0 Å². The molecule has 1 aliphatic rings. The first kappa shape index (κ1) is 10.5. The number of carboxylic acids is 1. The van der Waals surface area contributed by atoms with Crippen molar-refractivity contribution in [1.29, 1.82) is 0 Å². The zero-order valence-corrected chi connectivity index (χ0v) is 8.38. The maximum atomic E-state index is 10.6. The topological polar surface area (TPSA) is 46.5 Å². The molecule has 1 rings (SSSR count). The van der Waals surface area contributed by atoms with Gasteiger partial charge < -0.3 is 9.84 Å². The van der Waals surface area contributed by atoms with E-state index in [4.69, 9.17) is 9.84 Å². The average molecular weight is 186 g/mol. The lowest BCUT2D eigenvalue weighted by atomic mass is 9.71. The van der Waals surface area contributed by atoms with Gasteiger partial charge >= 0.3 is 5.97 Å². The Hall–Kier alpha value is -0.570. The summed E-state index contributed by atoms with van der Waals surface area (Å²) in [6, 6.07) is 0. The third-order valence-electron chi connectivity index (χ3n) is 3.31. The van der Waals surface area contributed by atoms with Gasteiger partial charge in [0.1, 0.15) is 0 Å². The van der Waals surface area contributed by atoms with Crippen molar-refractivity contribution in [2.45, 2.75) is 33.1 Å². The second-order valence-corrected chi connectivity index (χ2v) is 4.27. The summed E-state index contributed by atoms with van der Waals surface area (Å²) in [6.07, 6.45) is 2.25. The van der Waals surface area contributed by atoms with E-state index in [1.54, 1.807) is 0 Å². The molecule has 13 heavy (non-hydrogen) atoms. The molecule has 3 heteroatoms. The predicted molar refractivity (Wildman–Crippen MR) is 49.6 cm³/mol. The van der Waals surface area contributed by atoms with E-state index in [1.807, 2.05) is 6.92 Å². The number of hydrogen-bond donors (Lipinski definition) is 1. The first-order valence-electron chi connectivity index (χ1n) is 4.84. The molecule has 0 aromatic rings. The van der Waals surface area contributed by atoms with E-state index in [1.165, 1.54) is 0 Å². The first-order valence-corrected chi connectivity index (χ1v) is 4.84. The molecule has 0 saturated carbocycles. The molecule has 1 fully saturated rings. The van der Waals surface area contributed by atoms with Gasteiger partial charge in [-0.2, -0.15) is 0 Å². The van der Waals surface area contributed by atoms with Crippen LogP contribution in [0.3, 0.4) is 0 Å². The fourth-order valence-corrected chi connectivity index (χ4v) is 1.84. The van der Waals surface area contributed by atoms with Crippen molar-refractivity contribution in [2.24, 2.45) is 11.3 Å². The summed E-state index contributed by atoms with van der Waals surface area (Å²) in [6.45, 7) is 5.75. The Morgan fingerprint density at radius 1 is 1.54 bits per heavy atom. The van der Waals surface area contributed by atoms with E-state index in [9.17, 15) is 4.79 Å². The fraction of sp³-hybridized carbons (Fsp3) is 0.900. The highest BCUT2D eigenvalue weighted by molar-refractivity contribution is 5.67. The van der Waals surface area contributed by atoms with Crippen LogP contribution in [0.5, 0.6) is 0 Å². The molecule has 1 heterocycles. The lowest BCUT2D eigenvalue weighted by Crippen LogP contribution is -2.33. The average Bonchev–Trinajstić information content (AvgIpc) is 2.04. The van der Waals surface area contributed by atoms with E-state index in [-0.39, 0.29) is 17.8 Å². The molecule has 1 unspecified atom stereocenters. The number of carboxylic acid groups (broad SMARTS) is 1. The van der Waals surface area contributed by atoms with Crippen molar-refractivity contribution in [3.8, 4) is 0 Å². The molecule has 0 aromatic carbocycles. The molecule has 1 aliphatic heterocycles. The van der Waals surface area contributed by atoms with Gasteiger partial charge in [0.25, 0.3) is 0 Å². The molecule has 0 aromatic heterocycles. The van der Waals surface area contributed by atoms with Crippen molar-refractivity contribution in [1.82, 2.24) is 0 Å². The third-order valence-corrected chi connectivity index (χ3v) is 3.31. The van der Waals surface area contributed by atoms with Crippen LogP contribution < -0.4 is 0 Å². The van der Waals surface area contributed by atoms with Crippen molar-refractivity contribution in [3.63, 3.8) is 0 Å². The van der Waals surface area contributed by atoms with E-state index < -0.39 is 5.97 Å². The Morgan fingerprint density at radius 3 is 2.54 bits per heavy atom. The van der Waals surface area contributed by atoms with Gasteiger partial charge in [-0.3, -0.25) is 4.79 Å². The second kappa shape index (κ2) is 4.09. The van der Waals surface area contributed by atoms with Crippen LogP contribution >= 0.6 is 0 Å². The van der Waals surface area contributed by atoms with Crippen LogP contribution in [0, 0.1) is 11.3 Å². The molecular weight excluding hydrogens is 168 g/mol. The van der Waals surface area contributed by atoms with Gasteiger partial charge in [0.2, 0.25) is 0 Å². The third kappa shape index (κ3) is 2.69. The molecule has 76 valence electrons. The fourth-order valence-electron chi connectivity index (χ4n) is 1.84. The Bertz CT molecular complexity index is 183. The number of aliphatic carboxylic acids is 1. The Balaban J connectivity index is 2.51. The Morgan fingerprint density at radius 2 is 2.08 bits per heavy atom. The zero-order chi connectivity index (χ0) is 9.90. The van der Waals surface area contributed by atoms with Crippen molar-refractivity contribution >= 4 is 5.97 Å². The van der Waals surface area contributed by atoms with Gasteiger partial charge in [-0.25, -0.2) is 0 Å². The van der Waals surface area contributed by atoms with Crippen LogP contribution in [0.25, 0.3) is 0 Å². The highest BCUT2D eigenvalue weighted by Gasteiger charge is 2.34. The summed E-state index contributed by atoms with van der Waals surface area (Å²) in [5.74, 6) is -0.450. The van der Waals surface area contributed by atoms with Gasteiger partial charge in [-0.15, -0.1) is 0 Å². The molecule has 3 nitrogen and oxygen atoms in total. The van der Waals surface area contributed by atoms with Crippen LogP contribution in [-0.4, -0.2) is 24.3 Å². The molecule has 1 saturated heterocycles. The summed E-state index contributed by atoms with van der Waals surface area (Å²) in [4.78, 5) is 10.6. The second-order valence-electron chi connectivity index (χ2n) is 4.27. The monoisotopic (exact) mass is 186 g/mol. The minimum atomic E-state index is -0.694. The van der Waals surface area contributed by atoms with Crippen molar-refractivity contribution in [2.75, 3.05) is 13.2 Å². The quantitative estimate of drug-likeness (QED) is 0.732. The van der Waals surface area contributed by atoms with E-state index in [2.05, 4.69) is 6.92 Å². The van der Waals surface area contributed by atoms with Gasteiger partial charge in [-0.1, -0.05) is 13.8 Å². The summed E-state index contributed by atoms with van der Waals surface area (Å²) in [5, 5.41) is 8.70. The normalized spacial score (nSPS) is 23.8. The summed E-state index contributed by atoms with van der Waals surface area (Å²) < 4.78 is 5.27. The largest absolute Gasteiger partial charge is 0.481 e. The van der Waals surface area contributed by atoms with Crippen LogP contribution in [0.4, 0.5) is 0 Å². The van der Waals surface area contributed by atoms with Crippen molar-refractivity contribution in [3.05, 3.63) is 0 Å². The zero-order valence-electron chi connectivity index (χ0n) is 8.38. The Kier molecular flexibility index (Phi) is 3.31. The molecule has 0 bridgehead atoms. The maximum absolute atomic E-state index is 10.6. The maximum Gasteiger partial charge on any atom is 0.303 e. The van der Waals surface area contributed by atoms with Gasteiger partial charge in [0.05, 0.1) is 0 Å². The molecule has 0 aliphatic carbocycles. The van der Waals surface area contributed by atoms with Crippen LogP contribution in [0.1, 0.15) is 33.1 Å². The highest BCUT2D eigenvalue weighted by atomic mass is 16.5. The Labute approximate surface area is 79.1 Å².